The molecule has 1 N–H and O–H groups in total. The number of sulfonamides is 1. The molecule has 0 unspecified atom stereocenters. The molecule has 8 heteroatoms. The molecule has 4 aromatic rings. The van der Waals surface area contributed by atoms with Crippen molar-refractivity contribution in [3.05, 3.63) is 77.9 Å². The molecular weight excluding hydrogens is 426 g/mol. The van der Waals surface area contributed by atoms with Gasteiger partial charge in [0.2, 0.25) is 15.9 Å². The second kappa shape index (κ2) is 7.79. The van der Waals surface area contributed by atoms with Crippen LogP contribution in [0.3, 0.4) is 0 Å². The number of hydrogen-bond acceptors (Lipinski definition) is 5. The van der Waals surface area contributed by atoms with Crippen LogP contribution in [0.25, 0.3) is 21.9 Å². The first-order valence-corrected chi connectivity index (χ1v) is 11.6. The third-order valence-electron chi connectivity index (χ3n) is 5.68. The third-order valence-corrected chi connectivity index (χ3v) is 7.15. The van der Waals surface area contributed by atoms with Gasteiger partial charge in [0.1, 0.15) is 17.2 Å². The zero-order chi connectivity index (χ0) is 22.3. The number of rotatable bonds is 5. The third kappa shape index (κ3) is 3.62. The topological polar surface area (TPSA) is 103 Å². The highest BCUT2D eigenvalue weighted by Crippen LogP contribution is 2.30. The SMILES string of the molecule is N#Cc1cccc(CN2CC[C@H](NS(=O)(=O)c3ccc4oc5ccccc5c4c3)C2=O)c1. The Morgan fingerprint density at radius 1 is 1.03 bits per heavy atom. The molecule has 0 radical (unpaired) electrons. The van der Waals surface area contributed by atoms with E-state index in [-0.39, 0.29) is 10.8 Å². The van der Waals surface area contributed by atoms with Crippen LogP contribution in [0, 0.1) is 11.3 Å². The molecule has 5 rings (SSSR count). The van der Waals surface area contributed by atoms with E-state index < -0.39 is 16.1 Å². The molecule has 1 fully saturated rings. The van der Waals surface area contributed by atoms with Crippen molar-refractivity contribution in [2.75, 3.05) is 6.54 Å². The number of likely N-dealkylation sites (tertiary alicyclic amines) is 1. The van der Waals surface area contributed by atoms with Crippen LogP contribution in [-0.4, -0.2) is 31.8 Å². The minimum absolute atomic E-state index is 0.0875. The maximum atomic E-state index is 13.0. The number of para-hydroxylation sites is 1. The number of hydrogen-bond donors (Lipinski definition) is 1. The fourth-order valence-corrected chi connectivity index (χ4v) is 5.34. The monoisotopic (exact) mass is 445 g/mol. The average Bonchev–Trinajstić information content (AvgIpc) is 3.34. The van der Waals surface area contributed by atoms with Crippen molar-refractivity contribution < 1.29 is 17.6 Å². The zero-order valence-corrected chi connectivity index (χ0v) is 17.8. The summed E-state index contributed by atoms with van der Waals surface area (Å²) in [5.41, 5.74) is 2.65. The highest BCUT2D eigenvalue weighted by atomic mass is 32.2. The van der Waals surface area contributed by atoms with Gasteiger partial charge in [0.15, 0.2) is 0 Å². The number of benzene rings is 3. The average molecular weight is 446 g/mol. The Hall–Kier alpha value is -3.67. The van der Waals surface area contributed by atoms with Crippen molar-refractivity contribution in [2.45, 2.75) is 23.9 Å². The Kier molecular flexibility index (Phi) is 4.93. The standard InChI is InChI=1S/C24H19N3O4S/c25-14-16-4-3-5-17(12-16)15-27-11-10-21(24(27)28)26-32(29,30)18-8-9-23-20(13-18)19-6-1-2-7-22(19)31-23/h1-9,12-13,21,26H,10-11,15H2/t21-/m0/s1. The van der Waals surface area contributed by atoms with Gasteiger partial charge in [-0.3, -0.25) is 4.79 Å². The highest BCUT2D eigenvalue weighted by Gasteiger charge is 2.35. The zero-order valence-electron chi connectivity index (χ0n) is 17.0. The largest absolute Gasteiger partial charge is 0.456 e. The van der Waals surface area contributed by atoms with Gasteiger partial charge < -0.3 is 9.32 Å². The van der Waals surface area contributed by atoms with Gasteiger partial charge >= 0.3 is 0 Å². The lowest BCUT2D eigenvalue weighted by atomic mass is 10.1. The summed E-state index contributed by atoms with van der Waals surface area (Å²) in [5, 5.41) is 10.6. The molecule has 3 aromatic carbocycles. The van der Waals surface area contributed by atoms with Crippen LogP contribution in [0.2, 0.25) is 0 Å². The molecule has 1 atom stereocenters. The van der Waals surface area contributed by atoms with Gasteiger partial charge in [0.05, 0.1) is 16.5 Å². The van der Waals surface area contributed by atoms with E-state index in [4.69, 9.17) is 9.68 Å². The van der Waals surface area contributed by atoms with Crippen LogP contribution in [-0.2, 0) is 21.4 Å². The van der Waals surface area contributed by atoms with E-state index in [2.05, 4.69) is 10.8 Å². The second-order valence-corrected chi connectivity index (χ2v) is 9.50. The molecule has 7 nitrogen and oxygen atoms in total. The van der Waals surface area contributed by atoms with Crippen LogP contribution >= 0.6 is 0 Å². The molecule has 1 amide bonds. The molecule has 32 heavy (non-hydrogen) atoms. The van der Waals surface area contributed by atoms with E-state index in [9.17, 15) is 13.2 Å². The van der Waals surface area contributed by atoms with Crippen LogP contribution in [0.1, 0.15) is 17.5 Å². The molecule has 0 aliphatic carbocycles. The summed E-state index contributed by atoms with van der Waals surface area (Å²) in [5.74, 6) is -0.272. The molecule has 0 saturated carbocycles. The number of carbonyl (C=O) groups excluding carboxylic acids is 1. The second-order valence-electron chi connectivity index (χ2n) is 7.79. The lowest BCUT2D eigenvalue weighted by molar-refractivity contribution is -0.129. The summed E-state index contributed by atoms with van der Waals surface area (Å²) >= 11 is 0. The van der Waals surface area contributed by atoms with Gasteiger partial charge in [-0.2, -0.15) is 9.98 Å². The Labute approximate surface area is 184 Å². The summed E-state index contributed by atoms with van der Waals surface area (Å²) in [6, 6.07) is 20.4. The van der Waals surface area contributed by atoms with E-state index in [0.717, 1.165) is 10.9 Å². The fourth-order valence-electron chi connectivity index (χ4n) is 4.09. The van der Waals surface area contributed by atoms with Crippen molar-refractivity contribution >= 4 is 37.9 Å². The normalized spacial score (nSPS) is 16.7. The predicted octanol–water partition coefficient (Wildman–Crippen LogP) is 3.54. The van der Waals surface area contributed by atoms with Crippen LogP contribution in [0.5, 0.6) is 0 Å². The molecule has 1 aliphatic heterocycles. The number of nitrogens with zero attached hydrogens (tertiary/aromatic N) is 2. The number of fused-ring (bicyclic) bond motifs is 3. The van der Waals surface area contributed by atoms with Crippen molar-refractivity contribution in [2.24, 2.45) is 0 Å². The maximum Gasteiger partial charge on any atom is 0.241 e. The Morgan fingerprint density at radius 2 is 1.84 bits per heavy atom. The number of carbonyl (C=O) groups is 1. The van der Waals surface area contributed by atoms with Gasteiger partial charge in [-0.15, -0.1) is 0 Å². The lowest BCUT2D eigenvalue weighted by Gasteiger charge is -2.17. The summed E-state index contributed by atoms with van der Waals surface area (Å²) in [6.07, 6.45) is 0.382. The number of nitriles is 1. The highest BCUT2D eigenvalue weighted by molar-refractivity contribution is 7.89. The van der Waals surface area contributed by atoms with Crippen molar-refractivity contribution in [1.29, 1.82) is 5.26 Å². The van der Waals surface area contributed by atoms with Crippen molar-refractivity contribution in [3.63, 3.8) is 0 Å². The number of furan rings is 1. The van der Waals surface area contributed by atoms with Gasteiger partial charge in [0.25, 0.3) is 0 Å². The predicted molar refractivity (Wildman–Crippen MR) is 119 cm³/mol. The van der Waals surface area contributed by atoms with Crippen molar-refractivity contribution in [1.82, 2.24) is 9.62 Å². The number of amides is 1. The minimum atomic E-state index is -3.90. The van der Waals surface area contributed by atoms with Gasteiger partial charge in [-0.25, -0.2) is 8.42 Å². The first-order valence-electron chi connectivity index (χ1n) is 10.2. The molecule has 0 bridgehead atoms. The fraction of sp³-hybridized carbons (Fsp3) is 0.167. The Bertz CT molecular complexity index is 1500. The number of nitrogens with one attached hydrogen (secondary N) is 1. The molecule has 1 aromatic heterocycles. The molecule has 1 saturated heterocycles. The van der Waals surface area contributed by atoms with Crippen molar-refractivity contribution in [3.8, 4) is 6.07 Å². The van der Waals surface area contributed by atoms with Crippen LogP contribution in [0.15, 0.2) is 76.0 Å². The van der Waals surface area contributed by atoms with Crippen LogP contribution in [0.4, 0.5) is 0 Å². The van der Waals surface area contributed by atoms with Crippen LogP contribution < -0.4 is 4.72 Å². The van der Waals surface area contributed by atoms with Gasteiger partial charge in [-0.1, -0.05) is 30.3 Å². The molecule has 1 aliphatic rings. The minimum Gasteiger partial charge on any atom is -0.456 e. The molecule has 0 spiro atoms. The molecule has 160 valence electrons. The van der Waals surface area contributed by atoms with E-state index >= 15 is 0 Å². The maximum absolute atomic E-state index is 13.0. The van der Waals surface area contributed by atoms with E-state index in [0.29, 0.717) is 41.6 Å². The summed E-state index contributed by atoms with van der Waals surface area (Å²) in [7, 11) is -3.90. The summed E-state index contributed by atoms with van der Waals surface area (Å²) < 4.78 is 34.4. The first-order chi connectivity index (χ1) is 15.4. The molecular formula is C24H19N3O4S. The van der Waals surface area contributed by atoms with E-state index in [1.54, 1.807) is 35.2 Å². The Morgan fingerprint density at radius 3 is 2.69 bits per heavy atom. The van der Waals surface area contributed by atoms with Gasteiger partial charge in [-0.05, 0) is 48.4 Å². The van der Waals surface area contributed by atoms with E-state index in [1.807, 2.05) is 30.3 Å². The molecule has 2 heterocycles. The smallest absolute Gasteiger partial charge is 0.241 e. The summed E-state index contributed by atoms with van der Waals surface area (Å²) in [6.45, 7) is 0.772. The quantitative estimate of drug-likeness (QED) is 0.506. The first kappa shape index (κ1) is 20.2. The van der Waals surface area contributed by atoms with Gasteiger partial charge in [0, 0.05) is 23.9 Å². The lowest BCUT2D eigenvalue weighted by Crippen LogP contribution is -2.41. The Balaban J connectivity index is 1.36. The van der Waals surface area contributed by atoms with E-state index in [1.165, 1.54) is 6.07 Å². The summed E-state index contributed by atoms with van der Waals surface area (Å²) in [4.78, 5) is 14.5.